The van der Waals surface area contributed by atoms with Crippen LogP contribution in [0.25, 0.3) is 10.9 Å². The van der Waals surface area contributed by atoms with Crippen LogP contribution in [-0.2, 0) is 12.6 Å². The SMILES string of the molecule is CC(Cc1cccc2c1c(C(F)(F)F)nn2C(C)C)n1nc(C(F)F)cc1C1CC1. The Hall–Kier alpha value is -2.45. The van der Waals surface area contributed by atoms with E-state index in [2.05, 4.69) is 10.2 Å². The highest BCUT2D eigenvalue weighted by molar-refractivity contribution is 5.86. The van der Waals surface area contributed by atoms with E-state index in [4.69, 9.17) is 0 Å². The van der Waals surface area contributed by atoms with Crippen molar-refractivity contribution in [2.45, 2.75) is 70.6 Å². The van der Waals surface area contributed by atoms with Crippen LogP contribution < -0.4 is 0 Å². The zero-order valence-electron chi connectivity index (χ0n) is 16.9. The maximum Gasteiger partial charge on any atom is 0.435 e. The second-order valence-corrected chi connectivity index (χ2v) is 8.26. The Morgan fingerprint density at radius 2 is 1.77 bits per heavy atom. The van der Waals surface area contributed by atoms with Crippen LogP contribution >= 0.6 is 0 Å². The van der Waals surface area contributed by atoms with Crippen molar-refractivity contribution >= 4 is 10.9 Å². The van der Waals surface area contributed by atoms with Crippen LogP contribution in [0.3, 0.4) is 0 Å². The molecule has 4 nitrogen and oxygen atoms in total. The van der Waals surface area contributed by atoms with Gasteiger partial charge in [0.2, 0.25) is 0 Å². The van der Waals surface area contributed by atoms with Gasteiger partial charge in [0, 0.05) is 23.0 Å². The molecule has 2 heterocycles. The number of fused-ring (bicyclic) bond motifs is 1. The standard InChI is InChI=1S/C21H23F5N4/c1-11(2)29-16-6-4-5-14(18(16)19(28-29)21(24,25)26)9-12(3)30-17(13-7-8-13)10-15(27-30)20(22)23/h4-6,10-13,20H,7-9H2,1-3H3. The lowest BCUT2D eigenvalue weighted by molar-refractivity contribution is -0.140. The van der Waals surface area contributed by atoms with Gasteiger partial charge in [-0.05, 0) is 57.7 Å². The normalized spacial score (nSPS) is 16.2. The first-order valence-electron chi connectivity index (χ1n) is 10.0. The molecule has 0 saturated heterocycles. The van der Waals surface area contributed by atoms with Crippen molar-refractivity contribution in [3.05, 3.63) is 46.9 Å². The fourth-order valence-corrected chi connectivity index (χ4v) is 4.00. The predicted molar refractivity (Wildman–Crippen MR) is 103 cm³/mol. The third-order valence-corrected chi connectivity index (χ3v) is 5.51. The highest BCUT2D eigenvalue weighted by Gasteiger charge is 2.38. The molecule has 1 aliphatic carbocycles. The van der Waals surface area contributed by atoms with Crippen molar-refractivity contribution < 1.29 is 22.0 Å². The maximum atomic E-state index is 13.7. The number of rotatable bonds is 6. The summed E-state index contributed by atoms with van der Waals surface area (Å²) in [5.74, 6) is 0.192. The number of hydrogen-bond acceptors (Lipinski definition) is 2. The van der Waals surface area contributed by atoms with Gasteiger partial charge in [0.15, 0.2) is 5.69 Å². The minimum atomic E-state index is -4.59. The van der Waals surface area contributed by atoms with Gasteiger partial charge in [-0.1, -0.05) is 12.1 Å². The van der Waals surface area contributed by atoms with Crippen molar-refractivity contribution in [2.24, 2.45) is 0 Å². The zero-order chi connectivity index (χ0) is 21.8. The van der Waals surface area contributed by atoms with E-state index in [0.717, 1.165) is 18.5 Å². The van der Waals surface area contributed by atoms with Gasteiger partial charge in [0.05, 0.1) is 11.6 Å². The Balaban J connectivity index is 1.78. The van der Waals surface area contributed by atoms with Gasteiger partial charge in [-0.3, -0.25) is 9.36 Å². The zero-order valence-corrected chi connectivity index (χ0v) is 16.9. The lowest BCUT2D eigenvalue weighted by Gasteiger charge is -2.17. The second kappa shape index (κ2) is 7.35. The predicted octanol–water partition coefficient (Wildman–Crippen LogP) is 6.45. The van der Waals surface area contributed by atoms with Crippen LogP contribution in [-0.4, -0.2) is 19.6 Å². The van der Waals surface area contributed by atoms with E-state index in [1.54, 1.807) is 43.7 Å². The average molecular weight is 426 g/mol. The molecule has 4 rings (SSSR count). The van der Waals surface area contributed by atoms with Gasteiger partial charge in [-0.25, -0.2) is 8.78 Å². The van der Waals surface area contributed by atoms with E-state index < -0.39 is 18.3 Å². The van der Waals surface area contributed by atoms with Crippen LogP contribution in [0.5, 0.6) is 0 Å². The molecule has 162 valence electrons. The Bertz CT molecular complexity index is 1060. The van der Waals surface area contributed by atoms with Crippen LogP contribution in [0.15, 0.2) is 24.3 Å². The number of aromatic nitrogens is 4. The summed E-state index contributed by atoms with van der Waals surface area (Å²) < 4.78 is 70.5. The van der Waals surface area contributed by atoms with E-state index in [1.165, 1.54) is 10.7 Å². The average Bonchev–Trinajstić information content (AvgIpc) is 3.25. The number of halogens is 5. The minimum Gasteiger partial charge on any atom is -0.266 e. The Morgan fingerprint density at radius 3 is 2.33 bits per heavy atom. The lowest BCUT2D eigenvalue weighted by atomic mass is 10.0. The molecule has 1 atom stereocenters. The first-order chi connectivity index (χ1) is 14.1. The topological polar surface area (TPSA) is 35.6 Å². The largest absolute Gasteiger partial charge is 0.435 e. The van der Waals surface area contributed by atoms with Gasteiger partial charge in [-0.2, -0.15) is 23.4 Å². The van der Waals surface area contributed by atoms with Crippen LogP contribution in [0, 0.1) is 0 Å². The number of benzene rings is 1. The molecule has 0 N–H and O–H groups in total. The van der Waals surface area contributed by atoms with Gasteiger partial charge >= 0.3 is 6.18 Å². The summed E-state index contributed by atoms with van der Waals surface area (Å²) in [5, 5.41) is 8.00. The smallest absolute Gasteiger partial charge is 0.266 e. The van der Waals surface area contributed by atoms with Gasteiger partial charge in [-0.15, -0.1) is 0 Å². The Morgan fingerprint density at radius 1 is 1.07 bits per heavy atom. The molecule has 0 spiro atoms. The Kier molecular flexibility index (Phi) is 5.10. The first kappa shape index (κ1) is 20.8. The summed E-state index contributed by atoms with van der Waals surface area (Å²) in [6.07, 6.45) is -5.22. The molecular formula is C21H23F5N4. The van der Waals surface area contributed by atoms with Crippen LogP contribution in [0.2, 0.25) is 0 Å². The molecule has 0 radical (unpaired) electrons. The third kappa shape index (κ3) is 3.70. The van der Waals surface area contributed by atoms with E-state index in [9.17, 15) is 22.0 Å². The highest BCUT2D eigenvalue weighted by atomic mass is 19.4. The summed E-state index contributed by atoms with van der Waals surface area (Å²) in [5.41, 5.74) is 0.433. The second-order valence-electron chi connectivity index (χ2n) is 8.26. The summed E-state index contributed by atoms with van der Waals surface area (Å²) >= 11 is 0. The molecule has 0 aliphatic heterocycles. The van der Waals surface area contributed by atoms with Crippen molar-refractivity contribution in [3.8, 4) is 0 Å². The molecule has 0 amide bonds. The van der Waals surface area contributed by atoms with Crippen LogP contribution in [0.1, 0.15) is 80.7 Å². The molecule has 1 saturated carbocycles. The molecule has 1 unspecified atom stereocenters. The van der Waals surface area contributed by atoms with Gasteiger partial charge < -0.3 is 0 Å². The minimum absolute atomic E-state index is 0.0692. The van der Waals surface area contributed by atoms with Crippen molar-refractivity contribution in [2.75, 3.05) is 0 Å². The van der Waals surface area contributed by atoms with E-state index in [1.807, 2.05) is 0 Å². The van der Waals surface area contributed by atoms with E-state index in [-0.39, 0.29) is 35.5 Å². The summed E-state index contributed by atoms with van der Waals surface area (Å²) in [7, 11) is 0. The van der Waals surface area contributed by atoms with E-state index in [0.29, 0.717) is 11.1 Å². The lowest BCUT2D eigenvalue weighted by Crippen LogP contribution is -2.14. The molecule has 1 aromatic carbocycles. The molecule has 1 fully saturated rings. The van der Waals surface area contributed by atoms with Gasteiger partial charge in [0.1, 0.15) is 5.69 Å². The summed E-state index contributed by atoms with van der Waals surface area (Å²) in [4.78, 5) is 0. The summed E-state index contributed by atoms with van der Waals surface area (Å²) in [6, 6.07) is 5.80. The molecular weight excluding hydrogens is 403 g/mol. The van der Waals surface area contributed by atoms with E-state index >= 15 is 0 Å². The van der Waals surface area contributed by atoms with Gasteiger partial charge in [0.25, 0.3) is 6.43 Å². The molecule has 0 bridgehead atoms. The fourth-order valence-electron chi connectivity index (χ4n) is 4.00. The molecule has 3 aromatic rings. The quantitative estimate of drug-likeness (QED) is 0.425. The molecule has 2 aromatic heterocycles. The Labute approximate surface area is 170 Å². The summed E-state index contributed by atoms with van der Waals surface area (Å²) in [6.45, 7) is 5.35. The number of hydrogen-bond donors (Lipinski definition) is 0. The van der Waals surface area contributed by atoms with Crippen molar-refractivity contribution in [3.63, 3.8) is 0 Å². The first-order valence-corrected chi connectivity index (χ1v) is 10.0. The highest BCUT2D eigenvalue weighted by Crippen LogP contribution is 2.43. The van der Waals surface area contributed by atoms with Crippen molar-refractivity contribution in [1.82, 2.24) is 19.6 Å². The molecule has 30 heavy (non-hydrogen) atoms. The van der Waals surface area contributed by atoms with Crippen molar-refractivity contribution in [1.29, 1.82) is 0 Å². The monoisotopic (exact) mass is 426 g/mol. The fraction of sp³-hybridized carbons (Fsp3) is 0.524. The number of alkyl halides is 5. The molecule has 1 aliphatic rings. The third-order valence-electron chi connectivity index (χ3n) is 5.51. The maximum absolute atomic E-state index is 13.7. The van der Waals surface area contributed by atoms with Crippen LogP contribution in [0.4, 0.5) is 22.0 Å². The molecule has 9 heteroatoms. The number of nitrogens with zero attached hydrogens (tertiary/aromatic N) is 4.